The highest BCUT2D eigenvalue weighted by Crippen LogP contribution is 2.32. The molecule has 0 spiro atoms. The van der Waals surface area contributed by atoms with Gasteiger partial charge in [-0.1, -0.05) is 30.2 Å². The minimum atomic E-state index is -0.558. The summed E-state index contributed by atoms with van der Waals surface area (Å²) >= 11 is 6.15. The zero-order valence-electron chi connectivity index (χ0n) is 17.6. The maximum atomic E-state index is 12.8. The van der Waals surface area contributed by atoms with Crippen LogP contribution in [-0.4, -0.2) is 22.9 Å². The van der Waals surface area contributed by atoms with Crippen molar-refractivity contribution < 1.29 is 23.7 Å². The predicted octanol–water partition coefficient (Wildman–Crippen LogP) is 6.25. The van der Waals surface area contributed by atoms with E-state index in [-0.39, 0.29) is 33.9 Å². The lowest BCUT2D eigenvalue weighted by atomic mass is 9.98. The van der Waals surface area contributed by atoms with E-state index in [9.17, 15) is 19.7 Å². The van der Waals surface area contributed by atoms with E-state index in [1.165, 1.54) is 24.3 Å². The Morgan fingerprint density at radius 3 is 2.55 bits per heavy atom. The van der Waals surface area contributed by atoms with Crippen molar-refractivity contribution in [3.63, 3.8) is 0 Å². The molecule has 0 atom stereocenters. The Hall–Kier alpha value is -3.65. The fourth-order valence-electron chi connectivity index (χ4n) is 3.77. The number of nitro benzene ring substituents is 1. The van der Waals surface area contributed by atoms with Gasteiger partial charge in [-0.2, -0.15) is 0 Å². The molecular weight excluding hydrogens is 448 g/mol. The number of furan rings is 1. The Kier molecular flexibility index (Phi) is 6.74. The second-order valence-corrected chi connectivity index (χ2v) is 8.16. The summed E-state index contributed by atoms with van der Waals surface area (Å²) in [6.07, 6.45) is 4.82. The van der Waals surface area contributed by atoms with Crippen LogP contribution in [-0.2, 0) is 4.74 Å². The van der Waals surface area contributed by atoms with Crippen molar-refractivity contribution in [2.45, 2.75) is 38.2 Å². The number of nitrogens with zero attached hydrogens (tertiary/aromatic N) is 1. The van der Waals surface area contributed by atoms with Crippen LogP contribution in [0.5, 0.6) is 0 Å². The molecular formula is C24H21ClN2O6. The first kappa shape index (κ1) is 22.5. The van der Waals surface area contributed by atoms with Crippen LogP contribution in [0.4, 0.5) is 11.4 Å². The Morgan fingerprint density at radius 2 is 1.82 bits per heavy atom. The van der Waals surface area contributed by atoms with Gasteiger partial charge in [0.05, 0.1) is 21.2 Å². The highest BCUT2D eigenvalue weighted by Gasteiger charge is 2.22. The average Bonchev–Trinajstić information content (AvgIpc) is 3.30. The molecule has 0 radical (unpaired) electrons. The third-order valence-corrected chi connectivity index (χ3v) is 5.79. The summed E-state index contributed by atoms with van der Waals surface area (Å²) in [5, 5.41) is 13.7. The van der Waals surface area contributed by atoms with Crippen LogP contribution in [0.2, 0.25) is 5.02 Å². The molecule has 33 heavy (non-hydrogen) atoms. The molecule has 1 aliphatic carbocycles. The normalized spacial score (nSPS) is 14.0. The highest BCUT2D eigenvalue weighted by molar-refractivity contribution is 6.33. The Bertz CT molecular complexity index is 1200. The van der Waals surface area contributed by atoms with Crippen molar-refractivity contribution in [2.75, 3.05) is 5.32 Å². The Balaban J connectivity index is 1.49. The Morgan fingerprint density at radius 1 is 1.06 bits per heavy atom. The first-order chi connectivity index (χ1) is 15.9. The third-order valence-electron chi connectivity index (χ3n) is 5.48. The summed E-state index contributed by atoms with van der Waals surface area (Å²) < 4.78 is 11.3. The van der Waals surface area contributed by atoms with Crippen molar-refractivity contribution in [3.05, 3.63) is 81.1 Å². The van der Waals surface area contributed by atoms with Crippen LogP contribution in [0.25, 0.3) is 11.3 Å². The van der Waals surface area contributed by atoms with Gasteiger partial charge in [0.15, 0.2) is 5.76 Å². The van der Waals surface area contributed by atoms with Gasteiger partial charge in [-0.15, -0.1) is 0 Å². The van der Waals surface area contributed by atoms with Crippen molar-refractivity contribution in [1.29, 1.82) is 0 Å². The van der Waals surface area contributed by atoms with E-state index in [0.29, 0.717) is 11.3 Å². The van der Waals surface area contributed by atoms with Crippen LogP contribution in [0.3, 0.4) is 0 Å². The number of non-ortho nitro benzene ring substituents is 1. The predicted molar refractivity (Wildman–Crippen MR) is 122 cm³/mol. The molecule has 1 fully saturated rings. The first-order valence-corrected chi connectivity index (χ1v) is 11.0. The van der Waals surface area contributed by atoms with Crippen molar-refractivity contribution in [2.24, 2.45) is 0 Å². The number of anilines is 1. The molecule has 8 nitrogen and oxygen atoms in total. The van der Waals surface area contributed by atoms with Crippen molar-refractivity contribution >= 4 is 34.9 Å². The number of esters is 1. The van der Waals surface area contributed by atoms with Crippen molar-refractivity contribution in [1.82, 2.24) is 0 Å². The molecule has 1 N–H and O–H groups in total. The molecule has 9 heteroatoms. The first-order valence-electron chi connectivity index (χ1n) is 10.6. The second kappa shape index (κ2) is 9.87. The van der Waals surface area contributed by atoms with E-state index >= 15 is 0 Å². The SMILES string of the molecule is O=C(Nc1ccccc1C(=O)OC1CCCCC1)c1ccc(-c2ccc([N+](=O)[O-])cc2Cl)o1. The van der Waals surface area contributed by atoms with E-state index in [0.717, 1.165) is 32.1 Å². The van der Waals surface area contributed by atoms with Crippen molar-refractivity contribution in [3.8, 4) is 11.3 Å². The number of nitrogens with one attached hydrogen (secondary N) is 1. The minimum absolute atomic E-state index is 0.00475. The van der Waals surface area contributed by atoms with E-state index in [1.807, 2.05) is 0 Å². The molecule has 0 aliphatic heterocycles. The van der Waals surface area contributed by atoms with E-state index in [1.54, 1.807) is 30.3 Å². The van der Waals surface area contributed by atoms with Gasteiger partial charge in [0.2, 0.25) is 0 Å². The number of halogens is 1. The lowest BCUT2D eigenvalue weighted by Crippen LogP contribution is -2.22. The molecule has 0 bridgehead atoms. The molecule has 1 amide bonds. The highest BCUT2D eigenvalue weighted by atomic mass is 35.5. The van der Waals surface area contributed by atoms with Gasteiger partial charge in [-0.05, 0) is 56.0 Å². The summed E-state index contributed by atoms with van der Waals surface area (Å²) in [6.45, 7) is 0. The quantitative estimate of drug-likeness (QED) is 0.260. The Labute approximate surface area is 194 Å². The van der Waals surface area contributed by atoms with Crippen LogP contribution < -0.4 is 5.32 Å². The molecule has 0 saturated heterocycles. The molecule has 0 unspecified atom stereocenters. The van der Waals surface area contributed by atoms with Gasteiger partial charge in [0.1, 0.15) is 11.9 Å². The number of carbonyl (C=O) groups is 2. The molecule has 1 aliphatic rings. The number of carbonyl (C=O) groups excluding carboxylic acids is 2. The maximum absolute atomic E-state index is 12.8. The largest absolute Gasteiger partial charge is 0.459 e. The molecule has 4 rings (SSSR count). The fourth-order valence-corrected chi connectivity index (χ4v) is 4.04. The molecule has 170 valence electrons. The van der Waals surface area contributed by atoms with Gasteiger partial charge in [0, 0.05) is 17.7 Å². The average molecular weight is 469 g/mol. The van der Waals surface area contributed by atoms with Crippen LogP contribution in [0, 0.1) is 10.1 Å². The maximum Gasteiger partial charge on any atom is 0.340 e. The number of para-hydroxylation sites is 1. The number of benzene rings is 2. The van der Waals surface area contributed by atoms with Gasteiger partial charge >= 0.3 is 5.97 Å². The molecule has 1 aromatic heterocycles. The number of hydrogen-bond acceptors (Lipinski definition) is 6. The monoisotopic (exact) mass is 468 g/mol. The summed E-state index contributed by atoms with van der Waals surface area (Å²) in [6, 6.07) is 13.6. The van der Waals surface area contributed by atoms with E-state index in [2.05, 4.69) is 5.32 Å². The number of nitro groups is 1. The zero-order chi connectivity index (χ0) is 23.4. The van der Waals surface area contributed by atoms with Gasteiger partial charge in [0.25, 0.3) is 11.6 Å². The summed E-state index contributed by atoms with van der Waals surface area (Å²) in [5.74, 6) is -0.757. The van der Waals surface area contributed by atoms with Crippen LogP contribution in [0.1, 0.15) is 53.0 Å². The lowest BCUT2D eigenvalue weighted by Gasteiger charge is -2.22. The summed E-state index contributed by atoms with van der Waals surface area (Å²) in [5.41, 5.74) is 0.846. The summed E-state index contributed by atoms with van der Waals surface area (Å²) in [7, 11) is 0. The van der Waals surface area contributed by atoms with E-state index < -0.39 is 16.8 Å². The number of rotatable bonds is 6. The van der Waals surface area contributed by atoms with Gasteiger partial charge in [-0.3, -0.25) is 14.9 Å². The molecule has 1 heterocycles. The number of hydrogen-bond donors (Lipinski definition) is 1. The van der Waals surface area contributed by atoms with Gasteiger partial charge < -0.3 is 14.5 Å². The smallest absolute Gasteiger partial charge is 0.340 e. The second-order valence-electron chi connectivity index (χ2n) is 7.75. The topological polar surface area (TPSA) is 112 Å². The standard InChI is InChI=1S/C24H21ClN2O6/c25-19-14-15(27(30)31)10-11-17(19)21-12-13-22(33-21)23(28)26-20-9-5-4-8-18(20)24(29)32-16-6-2-1-3-7-16/h4-5,8-14,16H,1-3,6-7H2,(H,26,28). The molecule has 2 aromatic carbocycles. The van der Waals surface area contributed by atoms with E-state index in [4.69, 9.17) is 20.8 Å². The van der Waals surface area contributed by atoms with Gasteiger partial charge in [-0.25, -0.2) is 4.79 Å². The summed E-state index contributed by atoms with van der Waals surface area (Å²) in [4.78, 5) is 35.8. The minimum Gasteiger partial charge on any atom is -0.459 e. The lowest BCUT2D eigenvalue weighted by molar-refractivity contribution is -0.384. The number of amides is 1. The van der Waals surface area contributed by atoms with Crippen LogP contribution in [0.15, 0.2) is 59.0 Å². The molecule has 1 saturated carbocycles. The third kappa shape index (κ3) is 5.23. The fraction of sp³-hybridized carbons (Fsp3) is 0.250. The number of ether oxygens (including phenoxy) is 1. The zero-order valence-corrected chi connectivity index (χ0v) is 18.3. The van der Waals surface area contributed by atoms with Crippen LogP contribution >= 0.6 is 11.6 Å². The molecule has 3 aromatic rings.